The monoisotopic (exact) mass is 238 g/mol. The highest BCUT2D eigenvalue weighted by Gasteiger charge is 1.93. The van der Waals surface area contributed by atoms with Crippen LogP contribution in [0.5, 0.6) is 5.88 Å². The smallest absolute Gasteiger partial charge is 0.213 e. The zero-order valence-electron chi connectivity index (χ0n) is 12.9. The lowest BCUT2D eigenvalue weighted by atomic mass is 10.5. The lowest BCUT2D eigenvalue weighted by molar-refractivity contribution is 0.143. The highest BCUT2D eigenvalue weighted by molar-refractivity contribution is 9.10. The Morgan fingerprint density at radius 3 is 3.25 bits per heavy atom. The Kier molecular flexibility index (Phi) is 1.55. The average molecular weight is 239 g/mol. The van der Waals surface area contributed by atoms with Crippen LogP contribution in [0.3, 0.4) is 0 Å². The fourth-order valence-corrected chi connectivity index (χ4v) is 0.751. The first-order valence-corrected chi connectivity index (χ1v) is 3.73. The van der Waals surface area contributed by atoms with Gasteiger partial charge in [0.1, 0.15) is 6.56 Å². The normalized spacial score (nSPS) is 21.9. The Bertz CT molecular complexity index is 434. The Balaban J connectivity index is 2.87. The number of hydrogen-bond donors (Lipinski definition) is 0. The fraction of sp³-hybridized carbons (Fsp3) is 0.375. The molecule has 4 heteroatoms. The molecule has 1 heterocycles. The Morgan fingerprint density at radius 1 is 1.67 bits per heavy atom. The van der Waals surface area contributed by atoms with Gasteiger partial charge in [-0.15, -0.1) is 0 Å². The molecule has 1 aromatic rings. The van der Waals surface area contributed by atoms with Crippen LogP contribution in [0.1, 0.15) is 9.60 Å². The van der Waals surface area contributed by atoms with E-state index in [2.05, 4.69) is 25.7 Å². The van der Waals surface area contributed by atoms with Gasteiger partial charge in [-0.2, -0.15) is 0 Å². The first-order chi connectivity index (χ1) is 8.43. The second-order valence-electron chi connectivity index (χ2n) is 1.72. The van der Waals surface area contributed by atoms with E-state index >= 15 is 0 Å². The lowest BCUT2D eigenvalue weighted by Crippen LogP contribution is -2.04. The van der Waals surface area contributed by atoms with Crippen molar-refractivity contribution in [1.29, 1.82) is 0 Å². The van der Waals surface area contributed by atoms with Crippen LogP contribution in [0.15, 0.2) is 22.8 Å². The van der Waals surface area contributed by atoms with Gasteiger partial charge in [-0.3, -0.25) is 0 Å². The van der Waals surface area contributed by atoms with Gasteiger partial charge < -0.3 is 9.47 Å². The Hall–Kier alpha value is -0.610. The third kappa shape index (κ3) is 3.19. The molecule has 1 aromatic heterocycles. The standard InChI is InChI=1S/C8H10BrNO2/c1-11-4-5-12-8-3-2-7(9)6-10-8/h2-3,6H,4-5H2,1H3/i1D3,4D2,5D2. The van der Waals surface area contributed by atoms with E-state index in [1.54, 1.807) is 0 Å². The van der Waals surface area contributed by atoms with E-state index in [1.807, 2.05) is 0 Å². The average Bonchev–Trinajstić information content (AvgIpc) is 2.17. The van der Waals surface area contributed by atoms with E-state index in [0.29, 0.717) is 4.47 Å². The molecular weight excluding hydrogens is 222 g/mol. The first kappa shape index (κ1) is 3.64. The summed E-state index contributed by atoms with van der Waals surface area (Å²) in [5.41, 5.74) is 0. The van der Waals surface area contributed by atoms with Crippen LogP contribution in [-0.4, -0.2) is 25.1 Å². The second kappa shape index (κ2) is 5.11. The molecule has 0 aliphatic carbocycles. The van der Waals surface area contributed by atoms with Crippen LogP contribution in [0.25, 0.3) is 0 Å². The number of halogens is 1. The molecule has 0 aliphatic rings. The van der Waals surface area contributed by atoms with E-state index in [4.69, 9.17) is 14.3 Å². The number of ether oxygens (including phenoxy) is 2. The Morgan fingerprint density at radius 2 is 2.58 bits per heavy atom. The van der Waals surface area contributed by atoms with Crippen LogP contribution in [0.4, 0.5) is 0 Å². The van der Waals surface area contributed by atoms with Crippen molar-refractivity contribution in [1.82, 2.24) is 4.98 Å². The summed E-state index contributed by atoms with van der Waals surface area (Å²) in [4.78, 5) is 3.70. The van der Waals surface area contributed by atoms with Gasteiger partial charge in [0, 0.05) is 23.8 Å². The summed E-state index contributed by atoms with van der Waals surface area (Å²) in [6, 6.07) is 2.81. The highest BCUT2D eigenvalue weighted by atomic mass is 79.9. The molecule has 0 spiro atoms. The molecule has 0 aliphatic heterocycles. The molecule has 3 nitrogen and oxygen atoms in total. The van der Waals surface area contributed by atoms with E-state index < -0.39 is 20.2 Å². The molecule has 1 rings (SSSR count). The lowest BCUT2D eigenvalue weighted by Gasteiger charge is -2.03. The second-order valence-corrected chi connectivity index (χ2v) is 2.64. The molecule has 0 amide bonds. The zero-order chi connectivity index (χ0) is 14.9. The molecule has 0 bridgehead atoms. The molecule has 12 heavy (non-hydrogen) atoms. The predicted molar refractivity (Wildman–Crippen MR) is 49.3 cm³/mol. The number of nitrogens with zero attached hydrogens (tertiary/aromatic N) is 1. The van der Waals surface area contributed by atoms with Gasteiger partial charge in [-0.1, -0.05) is 0 Å². The van der Waals surface area contributed by atoms with E-state index in [0.717, 1.165) is 0 Å². The SMILES string of the molecule is [2H]C([2H])([2H])OC([2H])([2H])C([2H])([2H])Oc1ccc(Br)cn1. The molecule has 0 aromatic carbocycles. The van der Waals surface area contributed by atoms with Gasteiger partial charge in [-0.05, 0) is 22.0 Å². The third-order valence-electron chi connectivity index (χ3n) is 0.949. The number of pyridine rings is 1. The van der Waals surface area contributed by atoms with E-state index in [-0.39, 0.29) is 5.88 Å². The van der Waals surface area contributed by atoms with Crippen molar-refractivity contribution in [2.75, 3.05) is 20.2 Å². The summed E-state index contributed by atoms with van der Waals surface area (Å²) in [7, 11) is -3.09. The minimum absolute atomic E-state index is 0.203. The minimum Gasteiger partial charge on any atom is -0.475 e. The summed E-state index contributed by atoms with van der Waals surface area (Å²) in [5.74, 6) is -0.203. The van der Waals surface area contributed by atoms with Crippen molar-refractivity contribution in [3.05, 3.63) is 22.8 Å². The quantitative estimate of drug-likeness (QED) is 0.803. The first-order valence-electron chi connectivity index (χ1n) is 6.44. The van der Waals surface area contributed by atoms with Gasteiger partial charge >= 0.3 is 0 Å². The van der Waals surface area contributed by atoms with Gasteiger partial charge in [0.15, 0.2) is 0 Å². The molecule has 0 atom stereocenters. The van der Waals surface area contributed by atoms with Gasteiger partial charge in [0.2, 0.25) is 5.88 Å². The predicted octanol–water partition coefficient (Wildman–Crippen LogP) is 1.87. The molecule has 0 saturated heterocycles. The molecular formula is C8H10BrNO2. The van der Waals surface area contributed by atoms with E-state index in [9.17, 15) is 0 Å². The fourth-order valence-electron chi connectivity index (χ4n) is 0.517. The highest BCUT2D eigenvalue weighted by Crippen LogP contribution is 2.11. The van der Waals surface area contributed by atoms with Crippen LogP contribution in [0, 0.1) is 0 Å². The Labute approximate surface area is 89.7 Å². The number of aromatic nitrogens is 1. The van der Waals surface area contributed by atoms with E-state index in [1.165, 1.54) is 18.3 Å². The van der Waals surface area contributed by atoms with Crippen molar-refractivity contribution in [3.8, 4) is 5.88 Å². The topological polar surface area (TPSA) is 31.4 Å². The summed E-state index contributed by atoms with van der Waals surface area (Å²) >= 11 is 3.12. The summed E-state index contributed by atoms with van der Waals surface area (Å²) in [6.45, 7) is -6.20. The maximum absolute atomic E-state index is 7.44. The maximum atomic E-state index is 7.44. The van der Waals surface area contributed by atoms with Crippen LogP contribution in [-0.2, 0) is 4.74 Å². The summed E-state index contributed by atoms with van der Waals surface area (Å²) < 4.78 is 59.4. The number of hydrogen-bond acceptors (Lipinski definition) is 3. The van der Waals surface area contributed by atoms with Crippen molar-refractivity contribution in [2.24, 2.45) is 0 Å². The number of rotatable bonds is 4. The maximum Gasteiger partial charge on any atom is 0.213 e. The largest absolute Gasteiger partial charge is 0.475 e. The van der Waals surface area contributed by atoms with Crippen LogP contribution < -0.4 is 4.74 Å². The van der Waals surface area contributed by atoms with Crippen molar-refractivity contribution < 1.29 is 19.1 Å². The van der Waals surface area contributed by atoms with Crippen molar-refractivity contribution >= 4 is 15.9 Å². The molecule has 0 saturated carbocycles. The third-order valence-corrected chi connectivity index (χ3v) is 1.42. The van der Waals surface area contributed by atoms with Gasteiger partial charge in [-0.25, -0.2) is 4.98 Å². The van der Waals surface area contributed by atoms with Gasteiger partial charge in [0.05, 0.1) is 16.2 Å². The van der Waals surface area contributed by atoms with Crippen LogP contribution >= 0.6 is 15.9 Å². The molecule has 0 unspecified atom stereocenters. The summed E-state index contributed by atoms with van der Waals surface area (Å²) in [6.07, 6.45) is 1.33. The number of methoxy groups -OCH3 is 1. The minimum atomic E-state index is -3.17. The molecule has 0 radical (unpaired) electrons. The molecule has 0 N–H and O–H groups in total. The van der Waals surface area contributed by atoms with Gasteiger partial charge in [0.25, 0.3) is 0 Å². The zero-order valence-corrected chi connectivity index (χ0v) is 7.46. The molecule has 0 fully saturated rings. The van der Waals surface area contributed by atoms with Crippen molar-refractivity contribution in [2.45, 2.75) is 0 Å². The summed E-state index contributed by atoms with van der Waals surface area (Å²) in [5, 5.41) is 0. The molecule has 66 valence electrons. The van der Waals surface area contributed by atoms with Crippen LogP contribution in [0.2, 0.25) is 0 Å². The van der Waals surface area contributed by atoms with Crippen molar-refractivity contribution in [3.63, 3.8) is 0 Å².